The second-order valence-electron chi connectivity index (χ2n) is 24.5. The predicted molar refractivity (Wildman–Crippen MR) is 362 cm³/mol. The molecule has 6 heteroatoms. The van der Waals surface area contributed by atoms with Crippen LogP contribution in [0.5, 0.6) is 0 Å². The minimum absolute atomic E-state index is 0.0700. The van der Waals surface area contributed by atoms with Crippen LogP contribution in [0.25, 0.3) is 0 Å². The summed E-state index contributed by atoms with van der Waals surface area (Å²) in [7, 11) is 0. The molecule has 0 aromatic heterocycles. The number of rotatable bonds is 67. The van der Waals surface area contributed by atoms with Crippen molar-refractivity contribution in [1.82, 2.24) is 0 Å². The number of hydrogen-bond acceptors (Lipinski definition) is 6. The molecule has 0 fully saturated rings. The van der Waals surface area contributed by atoms with Crippen LogP contribution < -0.4 is 0 Å². The van der Waals surface area contributed by atoms with Crippen molar-refractivity contribution in [1.29, 1.82) is 0 Å². The molecule has 0 aromatic carbocycles. The molecule has 0 radical (unpaired) electrons. The van der Waals surface area contributed by atoms with Gasteiger partial charge in [-0.3, -0.25) is 14.4 Å². The van der Waals surface area contributed by atoms with E-state index < -0.39 is 6.10 Å². The first kappa shape index (κ1) is 79.8. The highest BCUT2D eigenvalue weighted by Gasteiger charge is 2.19. The van der Waals surface area contributed by atoms with E-state index in [1.54, 1.807) is 0 Å². The van der Waals surface area contributed by atoms with Crippen molar-refractivity contribution >= 4 is 17.9 Å². The fourth-order valence-corrected chi connectivity index (χ4v) is 10.8. The molecule has 0 amide bonds. The molecule has 0 N–H and O–H groups in total. The summed E-state index contributed by atoms with van der Waals surface area (Å²) in [6, 6.07) is 0. The van der Waals surface area contributed by atoms with Gasteiger partial charge in [0.05, 0.1) is 0 Å². The molecular formula is C77H138O6. The first-order chi connectivity index (χ1) is 41.0. The van der Waals surface area contributed by atoms with E-state index in [2.05, 4.69) is 93.7 Å². The summed E-state index contributed by atoms with van der Waals surface area (Å²) in [6.45, 7) is 6.55. The Kier molecular flexibility index (Phi) is 68.6. The zero-order chi connectivity index (χ0) is 59.9. The maximum Gasteiger partial charge on any atom is 0.306 e. The van der Waals surface area contributed by atoms with Gasteiger partial charge in [-0.1, -0.05) is 344 Å². The van der Waals surface area contributed by atoms with Crippen LogP contribution in [-0.2, 0) is 28.6 Å². The van der Waals surface area contributed by atoms with Crippen LogP contribution in [0.15, 0.2) is 72.9 Å². The SMILES string of the molecule is CC/C=C\C/C=C\C/C=C\C/C=C\CCCCCCCCCCCCCCCCCCCCCCC(=O)OCC(COC(=O)CCCCCCCCCCC)OC(=O)CCCCCCCCCCCCC/C=C\C/C=C\CCCCCCC. The largest absolute Gasteiger partial charge is 0.462 e. The van der Waals surface area contributed by atoms with E-state index in [1.165, 1.54) is 250 Å². The number of hydrogen-bond donors (Lipinski definition) is 0. The van der Waals surface area contributed by atoms with Gasteiger partial charge in [0.1, 0.15) is 13.2 Å². The molecule has 0 bridgehead atoms. The van der Waals surface area contributed by atoms with E-state index in [4.69, 9.17) is 14.2 Å². The van der Waals surface area contributed by atoms with Crippen molar-refractivity contribution in [3.05, 3.63) is 72.9 Å². The Balaban J connectivity index is 4.07. The first-order valence-corrected chi connectivity index (χ1v) is 36.4. The quantitative estimate of drug-likeness (QED) is 0.0261. The average molecular weight is 1160 g/mol. The van der Waals surface area contributed by atoms with Crippen molar-refractivity contribution < 1.29 is 28.6 Å². The number of ether oxygens (including phenoxy) is 3. The summed E-state index contributed by atoms with van der Waals surface area (Å²) in [5.74, 6) is -0.851. The predicted octanol–water partition coefficient (Wildman–Crippen LogP) is 25.2. The lowest BCUT2D eigenvalue weighted by molar-refractivity contribution is -0.167. The van der Waals surface area contributed by atoms with Gasteiger partial charge in [0, 0.05) is 19.3 Å². The third-order valence-electron chi connectivity index (χ3n) is 16.2. The van der Waals surface area contributed by atoms with Crippen LogP contribution in [0.1, 0.15) is 380 Å². The van der Waals surface area contributed by atoms with E-state index in [9.17, 15) is 14.4 Å². The second kappa shape index (κ2) is 71.3. The molecule has 0 saturated heterocycles. The van der Waals surface area contributed by atoms with Crippen molar-refractivity contribution in [2.24, 2.45) is 0 Å². The summed E-state index contributed by atoms with van der Waals surface area (Å²) < 4.78 is 16.9. The third-order valence-corrected chi connectivity index (χ3v) is 16.2. The molecule has 1 atom stereocenters. The topological polar surface area (TPSA) is 78.9 Å². The fourth-order valence-electron chi connectivity index (χ4n) is 10.8. The zero-order valence-electron chi connectivity index (χ0n) is 55.5. The van der Waals surface area contributed by atoms with Crippen LogP contribution in [0.3, 0.4) is 0 Å². The molecular weight excluding hydrogens is 1020 g/mol. The van der Waals surface area contributed by atoms with Gasteiger partial charge >= 0.3 is 17.9 Å². The van der Waals surface area contributed by atoms with Crippen molar-refractivity contribution in [3.8, 4) is 0 Å². The van der Waals surface area contributed by atoms with Gasteiger partial charge in [0.15, 0.2) is 6.10 Å². The van der Waals surface area contributed by atoms with Gasteiger partial charge in [0.25, 0.3) is 0 Å². The van der Waals surface area contributed by atoms with Gasteiger partial charge in [-0.25, -0.2) is 0 Å². The maximum absolute atomic E-state index is 12.9. The van der Waals surface area contributed by atoms with E-state index in [0.717, 1.165) is 89.9 Å². The molecule has 0 spiro atoms. The lowest BCUT2D eigenvalue weighted by atomic mass is 10.0. The highest BCUT2D eigenvalue weighted by Crippen LogP contribution is 2.18. The highest BCUT2D eigenvalue weighted by atomic mass is 16.6. The summed E-state index contributed by atoms with van der Waals surface area (Å²) in [5.41, 5.74) is 0. The van der Waals surface area contributed by atoms with E-state index in [0.29, 0.717) is 19.3 Å². The molecule has 83 heavy (non-hydrogen) atoms. The molecule has 0 aliphatic rings. The normalized spacial score (nSPS) is 12.5. The lowest BCUT2D eigenvalue weighted by Crippen LogP contribution is -2.30. The number of carbonyl (C=O) groups is 3. The molecule has 482 valence electrons. The fraction of sp³-hybridized carbons (Fsp3) is 0.805. The average Bonchev–Trinajstić information content (AvgIpc) is 3.49. The van der Waals surface area contributed by atoms with E-state index >= 15 is 0 Å². The van der Waals surface area contributed by atoms with Crippen molar-refractivity contribution in [2.75, 3.05) is 13.2 Å². The minimum Gasteiger partial charge on any atom is -0.462 e. The Hall–Kier alpha value is -3.15. The summed E-state index contributed by atoms with van der Waals surface area (Å²) >= 11 is 0. The standard InChI is InChI=1S/C77H138O6/c1-4-7-10-13-16-19-21-23-25-27-29-31-33-34-35-36-37-38-39-40-41-42-44-45-47-49-51-53-55-58-61-64-67-70-76(79)82-73-74(72-81-75(78)69-66-63-60-57-18-15-12-9-6-3)83-77(80)71-68-65-62-59-56-54-52-50-48-46-43-32-30-28-26-24-22-20-17-14-11-8-5-2/h7,10,16,19,22-25,28-31,74H,4-6,8-9,11-15,17-18,20-21,26-27,32-73H2,1-3H3/b10-7-,19-16-,24-22-,25-23-,30-28-,31-29-. The summed E-state index contributed by atoms with van der Waals surface area (Å²) in [5, 5.41) is 0. The van der Waals surface area contributed by atoms with Crippen molar-refractivity contribution in [2.45, 2.75) is 386 Å². The molecule has 0 rings (SSSR count). The summed E-state index contributed by atoms with van der Waals surface area (Å²) in [6.07, 6.45) is 93.9. The maximum atomic E-state index is 12.9. The van der Waals surface area contributed by atoms with Crippen LogP contribution in [0, 0.1) is 0 Å². The Labute approximate surface area is 516 Å². The molecule has 6 nitrogen and oxygen atoms in total. The van der Waals surface area contributed by atoms with Crippen LogP contribution in [0.2, 0.25) is 0 Å². The smallest absolute Gasteiger partial charge is 0.306 e. The number of carbonyl (C=O) groups excluding carboxylic acids is 3. The third kappa shape index (κ3) is 69.5. The Morgan fingerprint density at radius 2 is 0.470 bits per heavy atom. The number of unbranched alkanes of at least 4 members (excludes halogenated alkanes) is 44. The Morgan fingerprint density at radius 3 is 0.735 bits per heavy atom. The Bertz CT molecular complexity index is 1520. The monoisotopic (exact) mass is 1160 g/mol. The molecule has 0 aliphatic carbocycles. The van der Waals surface area contributed by atoms with E-state index in [-0.39, 0.29) is 31.1 Å². The minimum atomic E-state index is -0.773. The lowest BCUT2D eigenvalue weighted by Gasteiger charge is -2.18. The highest BCUT2D eigenvalue weighted by molar-refractivity contribution is 5.71. The number of esters is 3. The molecule has 0 aromatic rings. The van der Waals surface area contributed by atoms with Crippen LogP contribution in [-0.4, -0.2) is 37.2 Å². The molecule has 0 aliphatic heterocycles. The first-order valence-electron chi connectivity index (χ1n) is 36.4. The van der Waals surface area contributed by atoms with Gasteiger partial charge < -0.3 is 14.2 Å². The molecule has 1 unspecified atom stereocenters. The Morgan fingerprint density at radius 1 is 0.253 bits per heavy atom. The van der Waals surface area contributed by atoms with Gasteiger partial charge in [-0.15, -0.1) is 0 Å². The van der Waals surface area contributed by atoms with E-state index in [1.807, 2.05) is 0 Å². The van der Waals surface area contributed by atoms with Gasteiger partial charge in [-0.05, 0) is 89.9 Å². The molecule has 0 heterocycles. The summed E-state index contributed by atoms with van der Waals surface area (Å²) in [4.78, 5) is 38.3. The van der Waals surface area contributed by atoms with Gasteiger partial charge in [0.2, 0.25) is 0 Å². The second-order valence-corrected chi connectivity index (χ2v) is 24.5. The van der Waals surface area contributed by atoms with Crippen LogP contribution >= 0.6 is 0 Å². The van der Waals surface area contributed by atoms with Gasteiger partial charge in [-0.2, -0.15) is 0 Å². The zero-order valence-corrected chi connectivity index (χ0v) is 55.5. The van der Waals surface area contributed by atoms with Crippen molar-refractivity contribution in [3.63, 3.8) is 0 Å². The number of allylic oxidation sites excluding steroid dienone is 12. The molecule has 0 saturated carbocycles. The van der Waals surface area contributed by atoms with Crippen LogP contribution in [0.4, 0.5) is 0 Å².